The molecule has 0 bridgehead atoms. The van der Waals surface area contributed by atoms with Crippen LogP contribution in [0, 0.1) is 12.7 Å². The highest BCUT2D eigenvalue weighted by molar-refractivity contribution is 5.98. The SMILES string of the molecule is Cc1ccc(-n2c(-c3ccc(F)cc3)nc3cc(C(=O)N(C)CCOC(N)=O)ccc32)cc1. The molecular formula is C25H23FN4O3. The van der Waals surface area contributed by atoms with Crippen LogP contribution in [0.4, 0.5) is 9.18 Å². The molecular weight excluding hydrogens is 423 g/mol. The van der Waals surface area contributed by atoms with E-state index in [1.54, 1.807) is 31.3 Å². The van der Waals surface area contributed by atoms with Crippen LogP contribution in [0.15, 0.2) is 66.7 Å². The van der Waals surface area contributed by atoms with Crippen LogP contribution >= 0.6 is 0 Å². The summed E-state index contributed by atoms with van der Waals surface area (Å²) in [6, 6.07) is 19.5. The van der Waals surface area contributed by atoms with Crippen LogP contribution in [-0.4, -0.2) is 46.7 Å². The predicted molar refractivity (Wildman–Crippen MR) is 124 cm³/mol. The van der Waals surface area contributed by atoms with Crippen LogP contribution < -0.4 is 5.73 Å². The van der Waals surface area contributed by atoms with Crippen molar-refractivity contribution in [3.8, 4) is 17.1 Å². The van der Waals surface area contributed by atoms with Crippen molar-refractivity contribution in [2.45, 2.75) is 6.92 Å². The minimum Gasteiger partial charge on any atom is -0.448 e. The molecule has 2 amide bonds. The Morgan fingerprint density at radius 2 is 1.76 bits per heavy atom. The van der Waals surface area contributed by atoms with Crippen LogP contribution in [0.1, 0.15) is 15.9 Å². The van der Waals surface area contributed by atoms with Crippen molar-refractivity contribution in [2.24, 2.45) is 5.73 Å². The van der Waals surface area contributed by atoms with E-state index in [-0.39, 0.29) is 24.9 Å². The van der Waals surface area contributed by atoms with Gasteiger partial charge in [-0.15, -0.1) is 0 Å². The zero-order valence-corrected chi connectivity index (χ0v) is 18.3. The zero-order valence-electron chi connectivity index (χ0n) is 18.3. The fourth-order valence-corrected chi connectivity index (χ4v) is 3.57. The van der Waals surface area contributed by atoms with Gasteiger partial charge in [-0.05, 0) is 61.5 Å². The minimum absolute atomic E-state index is 0.0105. The van der Waals surface area contributed by atoms with Gasteiger partial charge in [0.15, 0.2) is 0 Å². The molecule has 0 saturated carbocycles. The lowest BCUT2D eigenvalue weighted by Crippen LogP contribution is -2.31. The third kappa shape index (κ3) is 4.69. The Morgan fingerprint density at radius 3 is 2.42 bits per heavy atom. The molecule has 1 aromatic heterocycles. The number of halogens is 1. The first-order valence-electron chi connectivity index (χ1n) is 10.4. The van der Waals surface area contributed by atoms with Gasteiger partial charge in [-0.1, -0.05) is 17.7 Å². The number of likely N-dealkylation sites (N-methyl/N-ethyl adjacent to an activating group) is 1. The van der Waals surface area contributed by atoms with Gasteiger partial charge in [-0.25, -0.2) is 14.2 Å². The number of rotatable bonds is 6. The Bertz CT molecular complexity index is 1310. The largest absolute Gasteiger partial charge is 0.448 e. The lowest BCUT2D eigenvalue weighted by atomic mass is 10.1. The van der Waals surface area contributed by atoms with Crippen LogP contribution in [-0.2, 0) is 4.74 Å². The number of hydrogen-bond donors (Lipinski definition) is 1. The molecule has 1 heterocycles. The van der Waals surface area contributed by atoms with Gasteiger partial charge in [0.2, 0.25) is 0 Å². The number of carbonyl (C=O) groups is 2. The molecule has 4 aromatic rings. The molecule has 7 nitrogen and oxygen atoms in total. The summed E-state index contributed by atoms with van der Waals surface area (Å²) in [4.78, 5) is 29.8. The number of nitrogens with zero attached hydrogens (tertiary/aromatic N) is 3. The highest BCUT2D eigenvalue weighted by atomic mass is 19.1. The molecule has 33 heavy (non-hydrogen) atoms. The van der Waals surface area contributed by atoms with E-state index in [4.69, 9.17) is 15.5 Å². The first kappa shape index (κ1) is 22.0. The first-order valence-corrected chi connectivity index (χ1v) is 10.4. The topological polar surface area (TPSA) is 90.4 Å². The number of aromatic nitrogens is 2. The van der Waals surface area contributed by atoms with Crippen molar-refractivity contribution < 1.29 is 18.7 Å². The summed E-state index contributed by atoms with van der Waals surface area (Å²) in [6.45, 7) is 2.23. The maximum atomic E-state index is 13.5. The van der Waals surface area contributed by atoms with Crippen molar-refractivity contribution in [3.05, 3.63) is 83.7 Å². The molecule has 0 fully saturated rings. The number of aryl methyl sites for hydroxylation is 1. The highest BCUT2D eigenvalue weighted by Gasteiger charge is 2.18. The molecule has 2 N–H and O–H groups in total. The van der Waals surface area contributed by atoms with Gasteiger partial charge >= 0.3 is 6.09 Å². The van der Waals surface area contributed by atoms with E-state index in [9.17, 15) is 14.0 Å². The molecule has 0 spiro atoms. The number of fused-ring (bicyclic) bond motifs is 1. The molecule has 0 saturated heterocycles. The molecule has 3 aromatic carbocycles. The number of ether oxygens (including phenoxy) is 1. The number of primary amides is 1. The molecule has 0 unspecified atom stereocenters. The van der Waals surface area contributed by atoms with E-state index in [1.807, 2.05) is 41.8 Å². The standard InChI is InChI=1S/C25H23FN4O3/c1-16-3-10-20(11-4-16)30-22-12-7-18(24(31)29(2)13-14-33-25(27)32)15-21(22)28-23(30)17-5-8-19(26)9-6-17/h3-12,15H,13-14H2,1-2H3,(H2,27,32). The van der Waals surface area contributed by atoms with Gasteiger partial charge in [0.25, 0.3) is 5.91 Å². The van der Waals surface area contributed by atoms with E-state index in [0.717, 1.165) is 22.3 Å². The third-order valence-electron chi connectivity index (χ3n) is 5.31. The van der Waals surface area contributed by atoms with Gasteiger partial charge in [0.05, 0.1) is 17.6 Å². The normalized spacial score (nSPS) is 10.9. The summed E-state index contributed by atoms with van der Waals surface area (Å²) < 4.78 is 20.2. The quantitative estimate of drug-likeness (QED) is 0.478. The molecule has 0 aliphatic carbocycles. The van der Waals surface area contributed by atoms with Crippen LogP contribution in [0.3, 0.4) is 0 Å². The number of amides is 2. The maximum Gasteiger partial charge on any atom is 0.404 e. The van der Waals surface area contributed by atoms with Crippen molar-refractivity contribution in [3.63, 3.8) is 0 Å². The first-order chi connectivity index (χ1) is 15.8. The molecule has 4 rings (SSSR count). The second kappa shape index (κ2) is 9.12. The Kier molecular flexibility index (Phi) is 6.08. The zero-order chi connectivity index (χ0) is 23.5. The molecule has 0 aliphatic heterocycles. The van der Waals surface area contributed by atoms with Crippen molar-refractivity contribution >= 4 is 23.0 Å². The van der Waals surface area contributed by atoms with Crippen molar-refractivity contribution in [1.29, 1.82) is 0 Å². The van der Waals surface area contributed by atoms with E-state index in [2.05, 4.69) is 0 Å². The summed E-state index contributed by atoms with van der Waals surface area (Å²) in [7, 11) is 1.62. The van der Waals surface area contributed by atoms with E-state index in [0.29, 0.717) is 16.9 Å². The monoisotopic (exact) mass is 446 g/mol. The Morgan fingerprint density at radius 1 is 1.06 bits per heavy atom. The molecule has 0 atom stereocenters. The average molecular weight is 446 g/mol. The van der Waals surface area contributed by atoms with Crippen LogP contribution in [0.25, 0.3) is 28.1 Å². The lowest BCUT2D eigenvalue weighted by molar-refractivity contribution is 0.0750. The summed E-state index contributed by atoms with van der Waals surface area (Å²) in [5.74, 6) is 0.0767. The molecule has 8 heteroatoms. The van der Waals surface area contributed by atoms with E-state index < -0.39 is 6.09 Å². The summed E-state index contributed by atoms with van der Waals surface area (Å²) in [5.41, 5.74) is 9.63. The molecule has 0 aliphatic rings. The third-order valence-corrected chi connectivity index (χ3v) is 5.31. The fourth-order valence-electron chi connectivity index (χ4n) is 3.57. The number of hydrogen-bond acceptors (Lipinski definition) is 4. The Labute approximate surface area is 190 Å². The summed E-state index contributed by atoms with van der Waals surface area (Å²) in [5, 5.41) is 0. The van der Waals surface area contributed by atoms with Gasteiger partial charge in [0.1, 0.15) is 18.2 Å². The number of benzene rings is 3. The van der Waals surface area contributed by atoms with Gasteiger partial charge in [-0.2, -0.15) is 0 Å². The van der Waals surface area contributed by atoms with Gasteiger partial charge < -0.3 is 15.4 Å². The van der Waals surface area contributed by atoms with E-state index in [1.165, 1.54) is 17.0 Å². The minimum atomic E-state index is -0.882. The maximum absolute atomic E-state index is 13.5. The number of nitrogens with two attached hydrogens (primary N) is 1. The molecule has 168 valence electrons. The second-order valence-electron chi connectivity index (χ2n) is 7.71. The number of carbonyl (C=O) groups excluding carboxylic acids is 2. The van der Waals surface area contributed by atoms with Crippen molar-refractivity contribution in [2.75, 3.05) is 20.2 Å². The van der Waals surface area contributed by atoms with Crippen molar-refractivity contribution in [1.82, 2.24) is 14.5 Å². The molecule has 0 radical (unpaired) electrons. The lowest BCUT2D eigenvalue weighted by Gasteiger charge is -2.16. The van der Waals surface area contributed by atoms with Crippen LogP contribution in [0.2, 0.25) is 0 Å². The van der Waals surface area contributed by atoms with Gasteiger partial charge in [0, 0.05) is 23.9 Å². The van der Waals surface area contributed by atoms with E-state index >= 15 is 0 Å². The number of imidazole rings is 1. The van der Waals surface area contributed by atoms with Crippen LogP contribution in [0.5, 0.6) is 0 Å². The second-order valence-corrected chi connectivity index (χ2v) is 7.71. The van der Waals surface area contributed by atoms with Gasteiger partial charge in [-0.3, -0.25) is 9.36 Å². The smallest absolute Gasteiger partial charge is 0.404 e. The highest BCUT2D eigenvalue weighted by Crippen LogP contribution is 2.29. The summed E-state index contributed by atoms with van der Waals surface area (Å²) >= 11 is 0. The Hall–Kier alpha value is -4.20. The average Bonchev–Trinajstić information content (AvgIpc) is 3.18. The Balaban J connectivity index is 1.76. The fraction of sp³-hybridized carbons (Fsp3) is 0.160. The summed E-state index contributed by atoms with van der Waals surface area (Å²) in [6.07, 6.45) is -0.882. The predicted octanol–water partition coefficient (Wildman–Crippen LogP) is 4.31.